The molecule has 2 heterocycles. The average Bonchev–Trinajstić information content (AvgIpc) is 2.45. The van der Waals surface area contributed by atoms with Gasteiger partial charge in [-0.3, -0.25) is 0 Å². The van der Waals surface area contributed by atoms with Crippen molar-refractivity contribution in [1.29, 1.82) is 0 Å². The summed E-state index contributed by atoms with van der Waals surface area (Å²) in [5.74, 6) is 0. The molecule has 0 bridgehead atoms. The van der Waals surface area contributed by atoms with Crippen LogP contribution in [0.2, 0.25) is 0 Å². The number of thiazole rings is 1. The van der Waals surface area contributed by atoms with Crippen LogP contribution in [-0.2, 0) is 6.42 Å². The first-order valence-electron chi connectivity index (χ1n) is 3.36. The molecule has 5 heteroatoms. The molecule has 0 aliphatic rings. The number of nitrogens with one attached hydrogen (secondary N) is 1. The van der Waals surface area contributed by atoms with Gasteiger partial charge in [-0.15, -0.1) is 11.3 Å². The van der Waals surface area contributed by atoms with E-state index in [1.54, 1.807) is 4.52 Å². The Kier molecular flexibility index (Phi) is 1.32. The Hall–Kier alpha value is -1.10. The smallest absolute Gasteiger partial charge is 0.244 e. The normalized spacial score (nSPS) is 11.0. The van der Waals surface area contributed by atoms with E-state index in [9.17, 15) is 4.79 Å². The summed E-state index contributed by atoms with van der Waals surface area (Å²) in [5.41, 5.74) is 0.825. The molecule has 58 valence electrons. The van der Waals surface area contributed by atoms with Crippen molar-refractivity contribution in [3.8, 4) is 0 Å². The monoisotopic (exact) mass is 169 g/mol. The second-order valence-electron chi connectivity index (χ2n) is 2.23. The number of aromatic amines is 1. The van der Waals surface area contributed by atoms with Crippen LogP contribution >= 0.6 is 11.3 Å². The predicted octanol–water partition coefficient (Wildman–Crippen LogP) is 0.646. The lowest BCUT2D eigenvalue weighted by molar-refractivity contribution is 0.866. The highest BCUT2D eigenvalue weighted by molar-refractivity contribution is 7.15. The van der Waals surface area contributed by atoms with Crippen LogP contribution in [-0.4, -0.2) is 14.6 Å². The average molecular weight is 169 g/mol. The molecule has 0 spiro atoms. The van der Waals surface area contributed by atoms with Crippen LogP contribution in [0.15, 0.2) is 10.2 Å². The zero-order chi connectivity index (χ0) is 7.84. The van der Waals surface area contributed by atoms with E-state index in [0.29, 0.717) is 0 Å². The summed E-state index contributed by atoms with van der Waals surface area (Å²) >= 11 is 1.48. The Labute approximate surface area is 66.5 Å². The molecule has 0 radical (unpaired) electrons. The fourth-order valence-electron chi connectivity index (χ4n) is 0.994. The number of hydrogen-bond donors (Lipinski definition) is 1. The number of hydrogen-bond acceptors (Lipinski definition) is 3. The number of nitrogens with zero attached hydrogens (tertiary/aromatic N) is 2. The molecule has 0 saturated carbocycles. The maximum absolute atomic E-state index is 10.7. The summed E-state index contributed by atoms with van der Waals surface area (Å²) in [6, 6.07) is 0. The highest BCUT2D eigenvalue weighted by Crippen LogP contribution is 2.11. The van der Waals surface area contributed by atoms with Gasteiger partial charge in [0.05, 0.1) is 5.69 Å². The van der Waals surface area contributed by atoms with Crippen LogP contribution in [0, 0.1) is 0 Å². The van der Waals surface area contributed by atoms with Gasteiger partial charge in [0, 0.05) is 5.38 Å². The first kappa shape index (κ1) is 6.60. The maximum Gasteiger partial charge on any atom is 0.362 e. The third kappa shape index (κ3) is 0.883. The van der Waals surface area contributed by atoms with E-state index in [-0.39, 0.29) is 5.69 Å². The Balaban J connectivity index is 2.83. The van der Waals surface area contributed by atoms with E-state index in [4.69, 9.17) is 0 Å². The lowest BCUT2D eigenvalue weighted by Crippen LogP contribution is -2.03. The molecular formula is C6H7N3OS. The van der Waals surface area contributed by atoms with Gasteiger partial charge in [-0.05, 0) is 6.42 Å². The van der Waals surface area contributed by atoms with Crippen LogP contribution in [0.4, 0.5) is 0 Å². The van der Waals surface area contributed by atoms with E-state index in [1.807, 2.05) is 12.3 Å². The second kappa shape index (κ2) is 2.20. The van der Waals surface area contributed by atoms with Crippen molar-refractivity contribution in [3.05, 3.63) is 21.6 Å². The SMILES string of the molecule is CCc1csc2nc(=O)[nH]n12. The lowest BCUT2D eigenvalue weighted by Gasteiger charge is -1.88. The molecule has 0 aliphatic carbocycles. The summed E-state index contributed by atoms with van der Waals surface area (Å²) in [5, 5.41) is 4.62. The first-order chi connectivity index (χ1) is 5.31. The Bertz CT molecular complexity index is 424. The number of fused-ring (bicyclic) bond motifs is 1. The van der Waals surface area contributed by atoms with Crippen LogP contribution < -0.4 is 5.69 Å². The van der Waals surface area contributed by atoms with Crippen molar-refractivity contribution in [2.24, 2.45) is 0 Å². The van der Waals surface area contributed by atoms with E-state index in [1.165, 1.54) is 11.3 Å². The van der Waals surface area contributed by atoms with Gasteiger partial charge in [0.1, 0.15) is 0 Å². The quantitative estimate of drug-likeness (QED) is 0.681. The summed E-state index contributed by atoms with van der Waals surface area (Å²) in [6.07, 6.45) is 0.909. The summed E-state index contributed by atoms with van der Waals surface area (Å²) in [4.78, 5) is 15.2. The van der Waals surface area contributed by atoms with E-state index < -0.39 is 0 Å². The van der Waals surface area contributed by atoms with Gasteiger partial charge in [-0.2, -0.15) is 4.98 Å². The molecule has 2 rings (SSSR count). The van der Waals surface area contributed by atoms with Crippen molar-refractivity contribution < 1.29 is 0 Å². The molecule has 0 atom stereocenters. The number of rotatable bonds is 1. The van der Waals surface area contributed by atoms with Crippen molar-refractivity contribution in [1.82, 2.24) is 14.6 Å². The minimum absolute atomic E-state index is 0.272. The van der Waals surface area contributed by atoms with Crippen LogP contribution in [0.3, 0.4) is 0 Å². The highest BCUT2D eigenvalue weighted by Gasteiger charge is 2.03. The molecule has 0 unspecified atom stereocenters. The van der Waals surface area contributed by atoms with Gasteiger partial charge < -0.3 is 0 Å². The fraction of sp³-hybridized carbons (Fsp3) is 0.333. The van der Waals surface area contributed by atoms with Crippen LogP contribution in [0.5, 0.6) is 0 Å². The molecule has 0 aliphatic heterocycles. The number of H-pyrrole nitrogens is 1. The zero-order valence-corrected chi connectivity index (χ0v) is 6.81. The molecule has 2 aromatic rings. The maximum atomic E-state index is 10.7. The van der Waals surface area contributed by atoms with Crippen molar-refractivity contribution >= 4 is 16.3 Å². The van der Waals surface area contributed by atoms with Crippen molar-refractivity contribution in [2.45, 2.75) is 13.3 Å². The molecule has 0 aromatic carbocycles. The minimum Gasteiger partial charge on any atom is -0.244 e. The van der Waals surface area contributed by atoms with Gasteiger partial charge in [0.2, 0.25) is 4.96 Å². The fourth-order valence-corrected chi connectivity index (χ4v) is 1.91. The molecule has 4 nitrogen and oxygen atoms in total. The Morgan fingerprint density at radius 2 is 2.64 bits per heavy atom. The summed E-state index contributed by atoms with van der Waals surface area (Å²) < 4.78 is 1.73. The molecule has 0 amide bonds. The van der Waals surface area contributed by atoms with Gasteiger partial charge >= 0.3 is 5.69 Å². The minimum atomic E-state index is -0.272. The lowest BCUT2D eigenvalue weighted by atomic mass is 10.4. The number of aryl methyl sites for hydroxylation is 1. The van der Waals surface area contributed by atoms with Crippen molar-refractivity contribution in [2.75, 3.05) is 0 Å². The van der Waals surface area contributed by atoms with E-state index in [2.05, 4.69) is 10.1 Å². The van der Waals surface area contributed by atoms with Gasteiger partial charge in [-0.1, -0.05) is 6.92 Å². The predicted molar refractivity (Wildman–Crippen MR) is 43.1 cm³/mol. The second-order valence-corrected chi connectivity index (χ2v) is 3.06. The highest BCUT2D eigenvalue weighted by atomic mass is 32.1. The molecule has 0 fully saturated rings. The topological polar surface area (TPSA) is 50.2 Å². The standard InChI is InChI=1S/C6H7N3OS/c1-2-4-3-11-6-7-5(10)8-9(4)6/h3H,2H2,1H3,(H,8,10). The van der Waals surface area contributed by atoms with Gasteiger partial charge in [0.15, 0.2) is 0 Å². The molecule has 1 N–H and O–H groups in total. The molecule has 11 heavy (non-hydrogen) atoms. The summed E-state index contributed by atoms with van der Waals surface area (Å²) in [7, 11) is 0. The number of aromatic nitrogens is 3. The zero-order valence-electron chi connectivity index (χ0n) is 6.00. The van der Waals surface area contributed by atoms with Crippen molar-refractivity contribution in [3.63, 3.8) is 0 Å². The Morgan fingerprint density at radius 1 is 1.82 bits per heavy atom. The first-order valence-corrected chi connectivity index (χ1v) is 4.24. The molecule has 2 aromatic heterocycles. The van der Waals surface area contributed by atoms with Gasteiger partial charge in [-0.25, -0.2) is 14.4 Å². The third-order valence-electron chi connectivity index (χ3n) is 1.55. The third-order valence-corrected chi connectivity index (χ3v) is 2.42. The molecule has 0 saturated heterocycles. The molecular weight excluding hydrogens is 162 g/mol. The largest absolute Gasteiger partial charge is 0.362 e. The van der Waals surface area contributed by atoms with E-state index >= 15 is 0 Å². The Morgan fingerprint density at radius 3 is 3.36 bits per heavy atom. The van der Waals surface area contributed by atoms with E-state index in [0.717, 1.165) is 17.1 Å². The van der Waals surface area contributed by atoms with Gasteiger partial charge in [0.25, 0.3) is 0 Å². The van der Waals surface area contributed by atoms with Crippen LogP contribution in [0.25, 0.3) is 4.96 Å². The summed E-state index contributed by atoms with van der Waals surface area (Å²) in [6.45, 7) is 2.04. The van der Waals surface area contributed by atoms with Crippen LogP contribution in [0.1, 0.15) is 12.6 Å².